The molecule has 1 aliphatic rings. The maximum atomic E-state index is 11.6. The minimum atomic E-state index is -3.00. The Kier molecular flexibility index (Phi) is 5.38. The molecule has 2 rings (SSSR count). The van der Waals surface area contributed by atoms with Gasteiger partial charge in [0.25, 0.3) is 0 Å². The number of aliphatic imine (C=N–C) groups is 1. The van der Waals surface area contributed by atoms with Gasteiger partial charge < -0.3 is 10.6 Å². The summed E-state index contributed by atoms with van der Waals surface area (Å²) < 4.78 is 24.8. The fraction of sp³-hybridized carbons (Fsp3) is 0.583. The highest BCUT2D eigenvalue weighted by Crippen LogP contribution is 2.11. The van der Waals surface area contributed by atoms with Crippen LogP contribution < -0.4 is 10.6 Å². The van der Waals surface area contributed by atoms with Crippen LogP contribution in [0.15, 0.2) is 22.5 Å². The van der Waals surface area contributed by atoms with Crippen LogP contribution in [-0.2, 0) is 16.6 Å². The van der Waals surface area contributed by atoms with Gasteiger partial charge in [0.1, 0.15) is 0 Å². The maximum Gasteiger partial charge on any atom is 0.214 e. The van der Waals surface area contributed by atoms with Crippen LogP contribution >= 0.6 is 11.3 Å². The number of thiophene rings is 1. The fourth-order valence-corrected chi connectivity index (χ4v) is 4.22. The summed E-state index contributed by atoms with van der Waals surface area (Å²) in [5, 5.41) is 8.37. The van der Waals surface area contributed by atoms with E-state index >= 15 is 0 Å². The zero-order valence-corrected chi connectivity index (χ0v) is 13.1. The predicted octanol–water partition coefficient (Wildman–Crippen LogP) is 0.449. The molecule has 0 saturated carbocycles. The minimum Gasteiger partial charge on any atom is -0.355 e. The van der Waals surface area contributed by atoms with E-state index < -0.39 is 10.0 Å². The summed E-state index contributed by atoms with van der Waals surface area (Å²) in [5.41, 5.74) is 0. The molecule has 1 aliphatic heterocycles. The van der Waals surface area contributed by atoms with Gasteiger partial charge in [0.2, 0.25) is 10.0 Å². The van der Waals surface area contributed by atoms with Crippen LogP contribution in [-0.4, -0.2) is 51.1 Å². The Morgan fingerprint density at radius 2 is 2.35 bits per heavy atom. The highest BCUT2D eigenvalue weighted by molar-refractivity contribution is 7.89. The van der Waals surface area contributed by atoms with Gasteiger partial charge in [0.05, 0.1) is 12.3 Å². The van der Waals surface area contributed by atoms with Crippen LogP contribution in [0.1, 0.15) is 11.3 Å². The van der Waals surface area contributed by atoms with E-state index in [0.717, 1.165) is 13.0 Å². The number of rotatable bonds is 5. The normalized spacial score (nSPS) is 19.1. The lowest BCUT2D eigenvalue weighted by Gasteiger charge is -2.16. The van der Waals surface area contributed by atoms with Crippen molar-refractivity contribution in [1.82, 2.24) is 14.9 Å². The molecule has 0 amide bonds. The van der Waals surface area contributed by atoms with Gasteiger partial charge in [-0.2, -0.15) is 0 Å². The van der Waals surface area contributed by atoms with Gasteiger partial charge in [-0.1, -0.05) is 6.07 Å². The number of guanidine groups is 1. The van der Waals surface area contributed by atoms with E-state index in [0.29, 0.717) is 25.6 Å². The van der Waals surface area contributed by atoms with E-state index in [1.165, 1.54) is 9.18 Å². The molecule has 1 saturated heterocycles. The molecule has 1 aromatic heterocycles. The predicted molar refractivity (Wildman–Crippen MR) is 82.5 cm³/mol. The molecule has 8 heteroatoms. The van der Waals surface area contributed by atoms with Crippen LogP contribution in [0.3, 0.4) is 0 Å². The van der Waals surface area contributed by atoms with Crippen molar-refractivity contribution in [3.05, 3.63) is 22.4 Å². The lowest BCUT2D eigenvalue weighted by atomic mass is 10.4. The number of sulfonamides is 1. The summed E-state index contributed by atoms with van der Waals surface area (Å²) in [4.78, 5) is 5.35. The topological polar surface area (TPSA) is 73.8 Å². The number of hydrogen-bond acceptors (Lipinski definition) is 4. The quantitative estimate of drug-likeness (QED) is 0.611. The molecule has 1 fully saturated rings. The van der Waals surface area contributed by atoms with Gasteiger partial charge in [-0.3, -0.25) is 4.99 Å². The number of nitrogens with one attached hydrogen (secondary N) is 2. The molecule has 1 aromatic rings. The van der Waals surface area contributed by atoms with Gasteiger partial charge in [-0.25, -0.2) is 12.7 Å². The Hall–Kier alpha value is -1.12. The van der Waals surface area contributed by atoms with Crippen molar-refractivity contribution in [3.63, 3.8) is 0 Å². The van der Waals surface area contributed by atoms with E-state index in [4.69, 9.17) is 0 Å². The van der Waals surface area contributed by atoms with Crippen molar-refractivity contribution in [2.75, 3.05) is 32.4 Å². The molecule has 20 heavy (non-hydrogen) atoms. The molecule has 0 bridgehead atoms. The summed E-state index contributed by atoms with van der Waals surface area (Å²) in [6.45, 7) is 2.40. The van der Waals surface area contributed by atoms with Crippen LogP contribution in [0.5, 0.6) is 0 Å². The van der Waals surface area contributed by atoms with E-state index in [9.17, 15) is 8.42 Å². The molecule has 0 radical (unpaired) electrons. The van der Waals surface area contributed by atoms with E-state index in [2.05, 4.69) is 21.7 Å². The molecular weight excluding hydrogens is 296 g/mol. The van der Waals surface area contributed by atoms with Gasteiger partial charge in [-0.05, 0) is 17.9 Å². The first-order valence-electron chi connectivity index (χ1n) is 6.56. The lowest BCUT2D eigenvalue weighted by Crippen LogP contribution is -2.41. The third-order valence-corrected chi connectivity index (χ3v) is 5.92. The summed E-state index contributed by atoms with van der Waals surface area (Å²) >= 11 is 1.69. The second-order valence-electron chi connectivity index (χ2n) is 4.50. The highest BCUT2D eigenvalue weighted by Gasteiger charge is 2.27. The molecule has 0 atom stereocenters. The number of nitrogens with zero attached hydrogens (tertiary/aromatic N) is 2. The molecular formula is C12H20N4O2S2. The van der Waals surface area contributed by atoms with E-state index in [1.807, 2.05) is 11.4 Å². The molecule has 0 aliphatic carbocycles. The Morgan fingerprint density at radius 1 is 1.50 bits per heavy atom. The van der Waals surface area contributed by atoms with Crippen molar-refractivity contribution < 1.29 is 8.42 Å². The lowest BCUT2D eigenvalue weighted by molar-refractivity contribution is 0.445. The average Bonchev–Trinajstić information content (AvgIpc) is 3.03. The van der Waals surface area contributed by atoms with Crippen molar-refractivity contribution >= 4 is 27.3 Å². The standard InChI is InChI=1S/C12H20N4O2S2/c1-13-12(15-10-11-4-2-8-19-11)14-5-7-16-6-3-9-20(16,17)18/h2,4,8H,3,5-7,9-10H2,1H3,(H2,13,14,15). The third kappa shape index (κ3) is 4.19. The van der Waals surface area contributed by atoms with Crippen molar-refractivity contribution in [3.8, 4) is 0 Å². The van der Waals surface area contributed by atoms with Crippen LogP contribution in [0, 0.1) is 0 Å². The van der Waals surface area contributed by atoms with Gasteiger partial charge in [-0.15, -0.1) is 11.3 Å². The first kappa shape index (κ1) is 15.3. The zero-order valence-electron chi connectivity index (χ0n) is 11.5. The Labute approximate surface area is 124 Å². The Morgan fingerprint density at radius 3 is 2.95 bits per heavy atom. The van der Waals surface area contributed by atoms with Crippen LogP contribution in [0.25, 0.3) is 0 Å². The molecule has 0 spiro atoms. The maximum absolute atomic E-state index is 11.6. The highest BCUT2D eigenvalue weighted by atomic mass is 32.2. The molecule has 112 valence electrons. The van der Waals surface area contributed by atoms with Crippen molar-refractivity contribution in [1.29, 1.82) is 0 Å². The van der Waals surface area contributed by atoms with Gasteiger partial charge >= 0.3 is 0 Å². The van der Waals surface area contributed by atoms with Crippen LogP contribution in [0.4, 0.5) is 0 Å². The second kappa shape index (κ2) is 7.05. The monoisotopic (exact) mass is 316 g/mol. The first-order valence-corrected chi connectivity index (χ1v) is 9.05. The van der Waals surface area contributed by atoms with Gasteiger partial charge in [0, 0.05) is 31.6 Å². The molecule has 0 aromatic carbocycles. The second-order valence-corrected chi connectivity index (χ2v) is 7.62. The largest absolute Gasteiger partial charge is 0.355 e. The summed E-state index contributed by atoms with van der Waals surface area (Å²) in [6.07, 6.45) is 0.730. The van der Waals surface area contributed by atoms with E-state index in [1.54, 1.807) is 18.4 Å². The van der Waals surface area contributed by atoms with E-state index in [-0.39, 0.29) is 5.75 Å². The zero-order chi connectivity index (χ0) is 14.4. The van der Waals surface area contributed by atoms with Crippen molar-refractivity contribution in [2.45, 2.75) is 13.0 Å². The SMILES string of the molecule is CN=C(NCCN1CCCS1(=O)=O)NCc1cccs1. The Bertz CT molecular complexity index is 540. The molecule has 6 nitrogen and oxygen atoms in total. The van der Waals surface area contributed by atoms with Gasteiger partial charge in [0.15, 0.2) is 5.96 Å². The van der Waals surface area contributed by atoms with Crippen LogP contribution in [0.2, 0.25) is 0 Å². The smallest absolute Gasteiger partial charge is 0.214 e. The fourth-order valence-electron chi connectivity index (χ4n) is 2.05. The minimum absolute atomic E-state index is 0.276. The Balaban J connectivity index is 1.72. The summed E-state index contributed by atoms with van der Waals surface area (Å²) in [6, 6.07) is 4.07. The summed E-state index contributed by atoms with van der Waals surface area (Å²) in [7, 11) is -1.30. The third-order valence-electron chi connectivity index (χ3n) is 3.09. The average molecular weight is 316 g/mol. The summed E-state index contributed by atoms with van der Waals surface area (Å²) in [5.74, 6) is 0.966. The van der Waals surface area contributed by atoms with Crippen molar-refractivity contribution in [2.24, 2.45) is 4.99 Å². The molecule has 2 heterocycles. The number of hydrogen-bond donors (Lipinski definition) is 2. The first-order chi connectivity index (χ1) is 9.62. The molecule has 2 N–H and O–H groups in total. The molecule has 0 unspecified atom stereocenters.